The standard InChI is InChI=1S/2C24H25FN4O4/c2*1-23(2,32)19-18(20(26)30)27-21-16-10-12(4-5-24(33)6-7-28(3)22(24)31)17(25)11-15(16)13-8-14(9-13)29(19)21/h2*10-11,13-14,32-33H,6-9H2,1-3H3,(H2,26,30)/t2*13?,14?,24-/m10/s1. The third kappa shape index (κ3) is 7.05. The molecule has 2 atom stereocenters. The van der Waals surface area contributed by atoms with Gasteiger partial charge in [0, 0.05) is 63.2 Å². The number of primary amides is 2. The van der Waals surface area contributed by atoms with Crippen LogP contribution in [0.15, 0.2) is 24.3 Å². The zero-order valence-electron chi connectivity index (χ0n) is 37.3. The number of imidazole rings is 2. The van der Waals surface area contributed by atoms with E-state index in [-0.39, 0.29) is 59.3 Å². The first-order valence-corrected chi connectivity index (χ1v) is 21.8. The van der Waals surface area contributed by atoms with E-state index in [1.54, 1.807) is 53.9 Å². The molecule has 4 bridgehead atoms. The number of benzene rings is 2. The van der Waals surface area contributed by atoms with E-state index < -0.39 is 57.7 Å². The summed E-state index contributed by atoms with van der Waals surface area (Å²) in [5, 5.41) is 42.8. The minimum Gasteiger partial charge on any atom is -0.384 e. The molecule has 8 heterocycles. The molecular formula is C48H50F2N8O8. The van der Waals surface area contributed by atoms with E-state index in [9.17, 15) is 39.6 Å². The largest absolute Gasteiger partial charge is 0.384 e. The van der Waals surface area contributed by atoms with Crippen molar-refractivity contribution in [1.82, 2.24) is 28.9 Å². The topological polar surface area (TPSA) is 243 Å². The van der Waals surface area contributed by atoms with Crippen LogP contribution in [-0.4, -0.2) is 111 Å². The highest BCUT2D eigenvalue weighted by Crippen LogP contribution is 2.55. The van der Waals surface area contributed by atoms with Gasteiger partial charge in [0.25, 0.3) is 23.6 Å². The maximum atomic E-state index is 15.0. The molecule has 2 saturated carbocycles. The highest BCUT2D eigenvalue weighted by molar-refractivity contribution is 5.95. The quantitative estimate of drug-likeness (QED) is 0.164. The van der Waals surface area contributed by atoms with Crippen LogP contribution in [0.4, 0.5) is 8.78 Å². The Morgan fingerprint density at radius 3 is 1.32 bits per heavy atom. The van der Waals surface area contributed by atoms with Crippen LogP contribution in [0.25, 0.3) is 22.8 Å². The molecular weight excluding hydrogens is 855 g/mol. The summed E-state index contributed by atoms with van der Waals surface area (Å²) in [5.74, 6) is 7.87. The molecule has 4 aromatic rings. The number of nitrogens with two attached hydrogens (primary N) is 2. The number of hydrogen-bond donors (Lipinski definition) is 6. The van der Waals surface area contributed by atoms with Gasteiger partial charge in [0.05, 0.1) is 22.5 Å². The number of hydrogen-bond acceptors (Lipinski definition) is 10. The van der Waals surface area contributed by atoms with Crippen LogP contribution in [-0.2, 0) is 20.8 Å². The molecule has 2 aliphatic carbocycles. The predicted molar refractivity (Wildman–Crippen MR) is 233 cm³/mol. The number of carbonyl (C=O) groups excluding carboxylic acids is 4. The lowest BCUT2D eigenvalue weighted by Gasteiger charge is -2.37. The van der Waals surface area contributed by atoms with E-state index in [0.717, 1.165) is 36.8 Å². The Morgan fingerprint density at radius 2 is 1.03 bits per heavy atom. The molecule has 8 aliphatic rings. The van der Waals surface area contributed by atoms with Crippen LogP contribution in [0.3, 0.4) is 0 Å². The molecule has 8 N–H and O–H groups in total. The third-order valence-electron chi connectivity index (χ3n) is 13.9. The van der Waals surface area contributed by atoms with E-state index in [1.807, 2.05) is 9.13 Å². The monoisotopic (exact) mass is 904 g/mol. The predicted octanol–water partition coefficient (Wildman–Crippen LogP) is 2.78. The number of halogens is 2. The van der Waals surface area contributed by atoms with Crippen LogP contribution >= 0.6 is 0 Å². The number of nitrogens with zero attached hydrogens (tertiary/aromatic N) is 6. The molecule has 2 aromatic carbocycles. The minimum absolute atomic E-state index is 0.00405. The van der Waals surface area contributed by atoms with Gasteiger partial charge in [-0.05, 0) is 101 Å². The van der Waals surface area contributed by atoms with E-state index in [1.165, 1.54) is 21.9 Å². The number of likely N-dealkylation sites (tertiary alicyclic amines) is 2. The van der Waals surface area contributed by atoms with Gasteiger partial charge in [-0.1, -0.05) is 23.7 Å². The SMILES string of the molecule is CN1CC[C@@](O)(C#Cc2cc3c(cc2F)C2CC(C2)n2c-3nc(C(N)=O)c2C(C)(C)O)C1=O.CN1CC[C@](O)(C#Cc2cc3c(cc2F)C2CC(C2)n2c-3nc(C(N)=O)c2C(C)(C)O)C1=O. The van der Waals surface area contributed by atoms with Gasteiger partial charge in [0.1, 0.15) is 34.5 Å². The summed E-state index contributed by atoms with van der Waals surface area (Å²) in [4.78, 5) is 60.5. The molecule has 2 aromatic heterocycles. The van der Waals surface area contributed by atoms with Crippen LogP contribution in [0, 0.1) is 35.3 Å². The molecule has 4 amide bonds. The molecule has 12 rings (SSSR count). The van der Waals surface area contributed by atoms with Crippen molar-refractivity contribution >= 4 is 23.6 Å². The summed E-state index contributed by atoms with van der Waals surface area (Å²) in [6.07, 6.45) is 3.19. The van der Waals surface area contributed by atoms with Crippen LogP contribution < -0.4 is 11.5 Å². The Kier molecular flexibility index (Phi) is 10.2. The molecule has 0 radical (unpaired) electrons. The fourth-order valence-corrected chi connectivity index (χ4v) is 10.3. The molecule has 16 nitrogen and oxygen atoms in total. The summed E-state index contributed by atoms with van der Waals surface area (Å²) in [6, 6.07) is 5.94. The van der Waals surface area contributed by atoms with Crippen molar-refractivity contribution in [2.45, 2.75) is 113 Å². The Hall–Kier alpha value is -6.44. The van der Waals surface area contributed by atoms with Gasteiger partial charge in [-0.25, -0.2) is 18.7 Å². The second-order valence-corrected chi connectivity index (χ2v) is 19.5. The van der Waals surface area contributed by atoms with Gasteiger partial charge >= 0.3 is 0 Å². The van der Waals surface area contributed by atoms with Gasteiger partial charge in [-0.3, -0.25) is 19.2 Å². The first kappa shape index (κ1) is 44.7. The lowest BCUT2D eigenvalue weighted by Crippen LogP contribution is -2.37. The number of rotatable bonds is 4. The van der Waals surface area contributed by atoms with Gasteiger partial charge in [-0.15, -0.1) is 0 Å². The zero-order valence-corrected chi connectivity index (χ0v) is 37.3. The maximum Gasteiger partial charge on any atom is 0.269 e. The number of amides is 4. The molecule has 0 spiro atoms. The lowest BCUT2D eigenvalue weighted by molar-refractivity contribution is -0.138. The Balaban J connectivity index is 0.000000166. The van der Waals surface area contributed by atoms with E-state index in [0.29, 0.717) is 47.3 Å². The number of carbonyl (C=O) groups is 4. The van der Waals surface area contributed by atoms with Crippen LogP contribution in [0.1, 0.15) is 145 Å². The van der Waals surface area contributed by atoms with E-state index >= 15 is 8.78 Å². The minimum atomic E-state index is -1.85. The highest BCUT2D eigenvalue weighted by atomic mass is 19.1. The van der Waals surface area contributed by atoms with Gasteiger partial charge < -0.3 is 50.8 Å². The van der Waals surface area contributed by atoms with Crippen molar-refractivity contribution in [1.29, 1.82) is 0 Å². The summed E-state index contributed by atoms with van der Waals surface area (Å²) < 4.78 is 33.8. The average molecular weight is 905 g/mol. The Labute approximate surface area is 378 Å². The first-order chi connectivity index (χ1) is 30.8. The van der Waals surface area contributed by atoms with Crippen molar-refractivity contribution in [2.75, 3.05) is 27.2 Å². The normalized spacial score (nSPS) is 25.5. The highest BCUT2D eigenvalue weighted by Gasteiger charge is 2.47. The van der Waals surface area contributed by atoms with Crippen molar-refractivity contribution in [3.63, 3.8) is 0 Å². The van der Waals surface area contributed by atoms with Gasteiger partial charge in [0.2, 0.25) is 11.2 Å². The Bertz CT molecular complexity index is 2750. The molecule has 0 unspecified atom stereocenters. The van der Waals surface area contributed by atoms with E-state index in [4.69, 9.17) is 11.5 Å². The number of aromatic nitrogens is 4. The molecule has 6 aliphatic heterocycles. The maximum absolute atomic E-state index is 15.0. The van der Waals surface area contributed by atoms with Crippen LogP contribution in [0.5, 0.6) is 0 Å². The lowest BCUT2D eigenvalue weighted by atomic mass is 9.75. The Morgan fingerprint density at radius 1 is 0.682 bits per heavy atom. The first-order valence-electron chi connectivity index (χ1n) is 21.8. The zero-order chi connectivity index (χ0) is 47.7. The fourth-order valence-electron chi connectivity index (χ4n) is 10.3. The van der Waals surface area contributed by atoms with Gasteiger partial charge in [-0.2, -0.15) is 0 Å². The fraction of sp³-hybridized carbons (Fsp3) is 0.458. The smallest absolute Gasteiger partial charge is 0.269 e. The second-order valence-electron chi connectivity index (χ2n) is 19.5. The van der Waals surface area contributed by atoms with Gasteiger partial charge in [0.15, 0.2) is 11.4 Å². The summed E-state index contributed by atoms with van der Waals surface area (Å²) in [5.41, 5.74) is 8.13. The molecule has 2 saturated heterocycles. The number of likely N-dealkylation sites (N-methyl/N-ethyl adjacent to an activating group) is 2. The molecule has 4 fully saturated rings. The van der Waals surface area contributed by atoms with Crippen molar-refractivity contribution in [3.8, 4) is 46.5 Å². The third-order valence-corrected chi connectivity index (χ3v) is 13.9. The molecule has 18 heteroatoms. The van der Waals surface area contributed by atoms with Crippen molar-refractivity contribution < 1.29 is 48.4 Å². The van der Waals surface area contributed by atoms with Crippen molar-refractivity contribution in [2.24, 2.45) is 11.5 Å². The second kappa shape index (κ2) is 15.0. The summed E-state index contributed by atoms with van der Waals surface area (Å²) >= 11 is 0. The average Bonchev–Trinajstić information content (AvgIpc) is 3.85. The van der Waals surface area contributed by atoms with E-state index in [2.05, 4.69) is 33.6 Å². The summed E-state index contributed by atoms with van der Waals surface area (Å²) in [6.45, 7) is 7.03. The van der Waals surface area contributed by atoms with Crippen molar-refractivity contribution in [3.05, 3.63) is 80.9 Å². The van der Waals surface area contributed by atoms with Crippen LogP contribution in [0.2, 0.25) is 0 Å². The number of aliphatic hydroxyl groups is 4. The molecule has 66 heavy (non-hydrogen) atoms. The molecule has 344 valence electrons. The summed E-state index contributed by atoms with van der Waals surface area (Å²) in [7, 11) is 3.15.